The molecule has 1 N–H and O–H groups in total. The van der Waals surface area contributed by atoms with E-state index >= 15 is 0 Å². The summed E-state index contributed by atoms with van der Waals surface area (Å²) in [6.45, 7) is 6.74. The van der Waals surface area contributed by atoms with Gasteiger partial charge in [-0.15, -0.1) is 0 Å². The van der Waals surface area contributed by atoms with Crippen LogP contribution >= 0.6 is 0 Å². The highest BCUT2D eigenvalue weighted by molar-refractivity contribution is 5.79. The molecule has 0 heterocycles. The smallest absolute Gasteiger partial charge is 0.320 e. The number of ether oxygens (including phenoxy) is 1. The molecule has 0 atom stereocenters. The van der Waals surface area contributed by atoms with E-state index in [2.05, 4.69) is 5.32 Å². The monoisotopic (exact) mass is 292 g/mol. The van der Waals surface area contributed by atoms with Gasteiger partial charge in [0.15, 0.2) is 0 Å². The molecule has 0 fully saturated rings. The van der Waals surface area contributed by atoms with Crippen LogP contribution in [-0.2, 0) is 20.9 Å². The van der Waals surface area contributed by atoms with Crippen molar-refractivity contribution in [3.8, 4) is 0 Å². The molecule has 0 saturated carbocycles. The summed E-state index contributed by atoms with van der Waals surface area (Å²) in [7, 11) is 0. The van der Waals surface area contributed by atoms with Gasteiger partial charge in [-0.1, -0.05) is 30.3 Å². The number of hydrogen-bond donors (Lipinski definition) is 1. The molecular weight excluding hydrogens is 268 g/mol. The Labute approximate surface area is 126 Å². The first-order valence-corrected chi connectivity index (χ1v) is 7.22. The van der Waals surface area contributed by atoms with Crippen LogP contribution in [0, 0.1) is 0 Å². The molecule has 5 heteroatoms. The van der Waals surface area contributed by atoms with Crippen LogP contribution in [0.1, 0.15) is 26.3 Å². The third-order valence-corrected chi connectivity index (χ3v) is 2.72. The highest BCUT2D eigenvalue weighted by Crippen LogP contribution is 2.04. The van der Waals surface area contributed by atoms with E-state index in [0.29, 0.717) is 13.2 Å². The minimum atomic E-state index is -0.314. The number of nitrogens with zero attached hydrogens (tertiary/aromatic N) is 1. The summed E-state index contributed by atoms with van der Waals surface area (Å²) in [5.74, 6) is -0.406. The predicted octanol–water partition coefficient (Wildman–Crippen LogP) is 1.58. The summed E-state index contributed by atoms with van der Waals surface area (Å²) in [6.07, 6.45) is 0. The number of nitrogens with one attached hydrogen (secondary N) is 1. The normalized spacial score (nSPS) is 10.7. The quantitative estimate of drug-likeness (QED) is 0.739. The van der Waals surface area contributed by atoms with Gasteiger partial charge in [-0.2, -0.15) is 0 Å². The van der Waals surface area contributed by atoms with E-state index in [0.717, 1.165) is 5.56 Å². The Morgan fingerprint density at radius 1 is 1.19 bits per heavy atom. The van der Waals surface area contributed by atoms with E-state index in [4.69, 9.17) is 4.74 Å². The van der Waals surface area contributed by atoms with Crippen molar-refractivity contribution in [1.29, 1.82) is 0 Å². The number of carbonyl (C=O) groups excluding carboxylic acids is 2. The van der Waals surface area contributed by atoms with Gasteiger partial charge in [0, 0.05) is 12.6 Å². The van der Waals surface area contributed by atoms with E-state index in [1.165, 1.54) is 0 Å². The van der Waals surface area contributed by atoms with Crippen molar-refractivity contribution in [1.82, 2.24) is 10.2 Å². The van der Waals surface area contributed by atoms with Gasteiger partial charge in [0.1, 0.15) is 0 Å². The Bertz CT molecular complexity index is 446. The molecule has 0 spiro atoms. The van der Waals surface area contributed by atoms with Gasteiger partial charge >= 0.3 is 5.97 Å². The van der Waals surface area contributed by atoms with Crippen molar-refractivity contribution in [2.75, 3.05) is 19.7 Å². The van der Waals surface area contributed by atoms with Crippen LogP contribution in [0.3, 0.4) is 0 Å². The average Bonchev–Trinajstić information content (AvgIpc) is 2.38. The van der Waals surface area contributed by atoms with Crippen LogP contribution in [0.5, 0.6) is 0 Å². The first kappa shape index (κ1) is 17.2. The minimum Gasteiger partial charge on any atom is -0.465 e. The number of amides is 1. The Morgan fingerprint density at radius 3 is 2.43 bits per heavy atom. The van der Waals surface area contributed by atoms with E-state index < -0.39 is 0 Å². The van der Waals surface area contributed by atoms with Gasteiger partial charge in [-0.25, -0.2) is 0 Å². The molecule has 116 valence electrons. The molecule has 0 bridgehead atoms. The fourth-order valence-corrected chi connectivity index (χ4v) is 1.97. The number of benzene rings is 1. The van der Waals surface area contributed by atoms with Crippen LogP contribution in [0.25, 0.3) is 0 Å². The Kier molecular flexibility index (Phi) is 7.46. The number of carbonyl (C=O) groups is 2. The van der Waals surface area contributed by atoms with E-state index in [1.54, 1.807) is 11.8 Å². The number of hydrogen-bond acceptors (Lipinski definition) is 4. The van der Waals surface area contributed by atoms with Gasteiger partial charge in [0.25, 0.3) is 0 Å². The van der Waals surface area contributed by atoms with Gasteiger partial charge in [-0.05, 0) is 26.3 Å². The maximum Gasteiger partial charge on any atom is 0.320 e. The molecular formula is C16H24N2O3. The molecule has 0 aromatic heterocycles. The molecule has 0 aliphatic carbocycles. The second-order valence-electron chi connectivity index (χ2n) is 5.16. The average molecular weight is 292 g/mol. The molecule has 0 aliphatic heterocycles. The maximum absolute atomic E-state index is 11.9. The molecule has 5 nitrogen and oxygen atoms in total. The molecule has 1 rings (SSSR count). The summed E-state index contributed by atoms with van der Waals surface area (Å²) in [5, 5.41) is 2.83. The lowest BCUT2D eigenvalue weighted by molar-refractivity contribution is -0.144. The van der Waals surface area contributed by atoms with E-state index in [-0.39, 0.29) is 31.0 Å². The molecule has 1 amide bonds. The summed E-state index contributed by atoms with van der Waals surface area (Å²) >= 11 is 0. The van der Waals surface area contributed by atoms with Crippen molar-refractivity contribution in [3.63, 3.8) is 0 Å². The zero-order chi connectivity index (χ0) is 15.7. The highest BCUT2D eigenvalue weighted by atomic mass is 16.5. The SMILES string of the molecule is CCOC(=O)CN(CC(=O)NC(C)C)Cc1ccccc1. The molecule has 1 aromatic rings. The molecule has 0 radical (unpaired) electrons. The Balaban J connectivity index is 2.65. The molecule has 0 unspecified atom stereocenters. The van der Waals surface area contributed by atoms with Gasteiger partial charge < -0.3 is 10.1 Å². The lowest BCUT2D eigenvalue weighted by Crippen LogP contribution is -2.42. The van der Waals surface area contributed by atoms with Crippen molar-refractivity contribution in [2.24, 2.45) is 0 Å². The second kappa shape index (κ2) is 9.13. The van der Waals surface area contributed by atoms with Crippen LogP contribution in [0.15, 0.2) is 30.3 Å². The largest absolute Gasteiger partial charge is 0.465 e. The van der Waals surface area contributed by atoms with Crippen molar-refractivity contribution in [2.45, 2.75) is 33.4 Å². The Hall–Kier alpha value is -1.88. The van der Waals surface area contributed by atoms with E-state index in [1.807, 2.05) is 44.2 Å². The zero-order valence-corrected chi connectivity index (χ0v) is 13.0. The first-order valence-electron chi connectivity index (χ1n) is 7.22. The van der Waals surface area contributed by atoms with Gasteiger partial charge in [0.05, 0.1) is 19.7 Å². The molecule has 0 aliphatic rings. The second-order valence-corrected chi connectivity index (χ2v) is 5.16. The third-order valence-electron chi connectivity index (χ3n) is 2.72. The van der Waals surface area contributed by atoms with E-state index in [9.17, 15) is 9.59 Å². The zero-order valence-electron chi connectivity index (χ0n) is 13.0. The van der Waals surface area contributed by atoms with Crippen LogP contribution < -0.4 is 5.32 Å². The topological polar surface area (TPSA) is 58.6 Å². The highest BCUT2D eigenvalue weighted by Gasteiger charge is 2.16. The standard InChI is InChI=1S/C16H24N2O3/c1-4-21-16(20)12-18(11-15(19)17-13(2)3)10-14-8-6-5-7-9-14/h5-9,13H,4,10-12H2,1-3H3,(H,17,19). The first-order chi connectivity index (χ1) is 10.0. The molecule has 0 saturated heterocycles. The van der Waals surface area contributed by atoms with Crippen LogP contribution in [-0.4, -0.2) is 42.5 Å². The summed E-state index contributed by atoms with van der Waals surface area (Å²) < 4.78 is 4.96. The van der Waals surface area contributed by atoms with Crippen molar-refractivity contribution >= 4 is 11.9 Å². The van der Waals surface area contributed by atoms with Crippen LogP contribution in [0.4, 0.5) is 0 Å². The lowest BCUT2D eigenvalue weighted by atomic mass is 10.2. The number of esters is 1. The fraction of sp³-hybridized carbons (Fsp3) is 0.500. The van der Waals surface area contributed by atoms with Crippen molar-refractivity contribution in [3.05, 3.63) is 35.9 Å². The molecule has 1 aromatic carbocycles. The summed E-state index contributed by atoms with van der Waals surface area (Å²) in [4.78, 5) is 25.3. The van der Waals surface area contributed by atoms with Crippen molar-refractivity contribution < 1.29 is 14.3 Å². The summed E-state index contributed by atoms with van der Waals surface area (Å²) in [5.41, 5.74) is 1.05. The van der Waals surface area contributed by atoms with Gasteiger partial charge in [0.2, 0.25) is 5.91 Å². The van der Waals surface area contributed by atoms with Crippen LogP contribution in [0.2, 0.25) is 0 Å². The predicted molar refractivity (Wildman–Crippen MR) is 81.6 cm³/mol. The fourth-order valence-electron chi connectivity index (χ4n) is 1.97. The summed E-state index contributed by atoms with van der Waals surface area (Å²) in [6, 6.07) is 9.83. The third kappa shape index (κ3) is 7.46. The lowest BCUT2D eigenvalue weighted by Gasteiger charge is -2.21. The number of rotatable bonds is 8. The minimum absolute atomic E-state index is 0.0821. The maximum atomic E-state index is 11.9. The van der Waals surface area contributed by atoms with Gasteiger partial charge in [-0.3, -0.25) is 14.5 Å². The Morgan fingerprint density at radius 2 is 1.86 bits per heavy atom. The molecule has 21 heavy (non-hydrogen) atoms.